The van der Waals surface area contributed by atoms with Crippen LogP contribution >= 0.6 is 0 Å². The van der Waals surface area contributed by atoms with Crippen molar-refractivity contribution < 1.29 is 8.42 Å². The van der Waals surface area contributed by atoms with Gasteiger partial charge in [-0.3, -0.25) is 9.58 Å². The summed E-state index contributed by atoms with van der Waals surface area (Å²) in [7, 11) is -1.02. The Balaban J connectivity index is 2.23. The first kappa shape index (κ1) is 15.5. The second-order valence-corrected chi connectivity index (χ2v) is 7.81. The van der Waals surface area contributed by atoms with Crippen molar-refractivity contribution in [2.45, 2.75) is 31.8 Å². The van der Waals surface area contributed by atoms with Crippen LogP contribution in [0, 0.1) is 0 Å². The Morgan fingerprint density at radius 2 is 2.15 bits per heavy atom. The van der Waals surface area contributed by atoms with Crippen molar-refractivity contribution in [3.63, 3.8) is 0 Å². The van der Waals surface area contributed by atoms with E-state index >= 15 is 0 Å². The SMILES string of the molecule is CCC(N)C(c1cnn(C)c1)N1CCCS(=O)(=O)CC1. The molecule has 0 amide bonds. The van der Waals surface area contributed by atoms with Crippen LogP contribution in [0.1, 0.15) is 31.4 Å². The van der Waals surface area contributed by atoms with Crippen molar-refractivity contribution in [3.05, 3.63) is 18.0 Å². The highest BCUT2D eigenvalue weighted by Gasteiger charge is 2.29. The molecule has 0 spiro atoms. The van der Waals surface area contributed by atoms with Crippen molar-refractivity contribution in [2.24, 2.45) is 12.8 Å². The predicted octanol–water partition coefficient (Wildman–Crippen LogP) is 0.319. The molecule has 2 N–H and O–H groups in total. The summed E-state index contributed by atoms with van der Waals surface area (Å²) in [6.07, 6.45) is 5.33. The molecule has 20 heavy (non-hydrogen) atoms. The summed E-state index contributed by atoms with van der Waals surface area (Å²) in [5.74, 6) is 0.505. The maximum atomic E-state index is 11.7. The Morgan fingerprint density at radius 1 is 1.40 bits per heavy atom. The molecule has 1 fully saturated rings. The molecule has 0 aliphatic carbocycles. The minimum atomic E-state index is -2.90. The van der Waals surface area contributed by atoms with Crippen LogP contribution < -0.4 is 5.73 Å². The highest BCUT2D eigenvalue weighted by molar-refractivity contribution is 7.91. The van der Waals surface area contributed by atoms with E-state index in [2.05, 4.69) is 16.9 Å². The number of hydrogen-bond acceptors (Lipinski definition) is 5. The third kappa shape index (κ3) is 3.59. The van der Waals surface area contributed by atoms with Gasteiger partial charge in [0.05, 0.1) is 23.7 Å². The van der Waals surface area contributed by atoms with E-state index in [1.165, 1.54) is 0 Å². The number of sulfone groups is 1. The second-order valence-electron chi connectivity index (χ2n) is 5.51. The van der Waals surface area contributed by atoms with Gasteiger partial charge in [0.25, 0.3) is 0 Å². The molecule has 6 nitrogen and oxygen atoms in total. The van der Waals surface area contributed by atoms with Crippen LogP contribution in [-0.2, 0) is 16.9 Å². The molecule has 2 heterocycles. The molecule has 0 radical (unpaired) electrons. The first-order chi connectivity index (χ1) is 9.43. The molecule has 0 bridgehead atoms. The van der Waals surface area contributed by atoms with Gasteiger partial charge in [0, 0.05) is 31.4 Å². The Hall–Kier alpha value is -0.920. The summed E-state index contributed by atoms with van der Waals surface area (Å²) in [6.45, 7) is 3.38. The molecule has 0 aromatic carbocycles. The molecule has 1 saturated heterocycles. The maximum absolute atomic E-state index is 11.7. The van der Waals surface area contributed by atoms with Crippen LogP contribution in [0.3, 0.4) is 0 Å². The van der Waals surface area contributed by atoms with E-state index < -0.39 is 9.84 Å². The molecule has 1 aromatic heterocycles. The van der Waals surface area contributed by atoms with Crippen molar-refractivity contribution in [2.75, 3.05) is 24.6 Å². The lowest BCUT2D eigenvalue weighted by Crippen LogP contribution is -2.42. The van der Waals surface area contributed by atoms with Crippen LogP contribution in [0.25, 0.3) is 0 Å². The smallest absolute Gasteiger partial charge is 0.151 e. The first-order valence-electron chi connectivity index (χ1n) is 7.11. The Bertz CT molecular complexity index is 540. The molecule has 7 heteroatoms. The van der Waals surface area contributed by atoms with Crippen LogP contribution in [0.5, 0.6) is 0 Å². The number of rotatable bonds is 4. The zero-order valence-electron chi connectivity index (χ0n) is 12.2. The Labute approximate surface area is 120 Å². The molecule has 2 unspecified atom stereocenters. The Kier molecular flexibility index (Phi) is 4.82. The number of nitrogens with two attached hydrogens (primary N) is 1. The summed E-state index contributed by atoms with van der Waals surface area (Å²) < 4.78 is 25.3. The van der Waals surface area contributed by atoms with Gasteiger partial charge >= 0.3 is 0 Å². The topological polar surface area (TPSA) is 81.2 Å². The summed E-state index contributed by atoms with van der Waals surface area (Å²) in [4.78, 5) is 2.20. The number of aromatic nitrogens is 2. The lowest BCUT2D eigenvalue weighted by Gasteiger charge is -2.33. The van der Waals surface area contributed by atoms with E-state index in [9.17, 15) is 8.42 Å². The largest absolute Gasteiger partial charge is 0.326 e. The van der Waals surface area contributed by atoms with Crippen LogP contribution in [0.15, 0.2) is 12.4 Å². The fourth-order valence-corrected chi connectivity index (χ4v) is 4.07. The molecule has 0 saturated carbocycles. The molecular formula is C13H24N4O2S. The molecule has 2 atom stereocenters. The zero-order chi connectivity index (χ0) is 14.8. The van der Waals surface area contributed by atoms with Crippen molar-refractivity contribution in [1.29, 1.82) is 0 Å². The normalized spacial score (nSPS) is 23.1. The fourth-order valence-electron chi connectivity index (χ4n) is 2.78. The lowest BCUT2D eigenvalue weighted by molar-refractivity contribution is 0.182. The van der Waals surface area contributed by atoms with Gasteiger partial charge in [0.1, 0.15) is 0 Å². The van der Waals surface area contributed by atoms with E-state index in [1.807, 2.05) is 19.4 Å². The van der Waals surface area contributed by atoms with Crippen molar-refractivity contribution in [3.8, 4) is 0 Å². The van der Waals surface area contributed by atoms with Crippen LogP contribution in [-0.4, -0.2) is 53.7 Å². The number of nitrogens with zero attached hydrogens (tertiary/aromatic N) is 3. The van der Waals surface area contributed by atoms with Gasteiger partial charge in [-0.2, -0.15) is 5.10 Å². The maximum Gasteiger partial charge on any atom is 0.151 e. The highest BCUT2D eigenvalue weighted by Crippen LogP contribution is 2.26. The van der Waals surface area contributed by atoms with E-state index in [0.29, 0.717) is 13.0 Å². The van der Waals surface area contributed by atoms with E-state index in [4.69, 9.17) is 5.73 Å². The average molecular weight is 300 g/mol. The standard InChI is InChI=1S/C13H24N4O2S/c1-3-12(14)13(11-9-15-16(2)10-11)17-5-4-7-20(18,19)8-6-17/h9-10,12-13H,3-8,14H2,1-2H3. The summed E-state index contributed by atoms with van der Waals surface area (Å²) >= 11 is 0. The third-order valence-electron chi connectivity index (χ3n) is 3.93. The lowest BCUT2D eigenvalue weighted by atomic mass is 9.99. The minimum Gasteiger partial charge on any atom is -0.326 e. The van der Waals surface area contributed by atoms with Gasteiger partial charge in [0.15, 0.2) is 9.84 Å². The summed E-state index contributed by atoms with van der Waals surface area (Å²) in [6, 6.07) is 0.0296. The van der Waals surface area contributed by atoms with Gasteiger partial charge in [-0.15, -0.1) is 0 Å². The quantitative estimate of drug-likeness (QED) is 0.866. The molecule has 1 aliphatic heterocycles. The van der Waals surface area contributed by atoms with Crippen molar-refractivity contribution in [1.82, 2.24) is 14.7 Å². The van der Waals surface area contributed by atoms with Gasteiger partial charge < -0.3 is 5.73 Å². The van der Waals surface area contributed by atoms with Gasteiger partial charge in [0.2, 0.25) is 0 Å². The van der Waals surface area contributed by atoms with Gasteiger partial charge in [-0.25, -0.2) is 8.42 Å². The molecule has 1 aliphatic rings. The third-order valence-corrected chi connectivity index (χ3v) is 5.64. The average Bonchev–Trinajstić information content (AvgIpc) is 2.73. The second kappa shape index (κ2) is 6.24. The molecular weight excluding hydrogens is 276 g/mol. The van der Waals surface area contributed by atoms with E-state index in [-0.39, 0.29) is 23.6 Å². The number of hydrogen-bond donors (Lipinski definition) is 1. The van der Waals surface area contributed by atoms with Crippen molar-refractivity contribution >= 4 is 9.84 Å². The Morgan fingerprint density at radius 3 is 2.75 bits per heavy atom. The fraction of sp³-hybridized carbons (Fsp3) is 0.769. The van der Waals surface area contributed by atoms with Crippen LogP contribution in [0.4, 0.5) is 0 Å². The van der Waals surface area contributed by atoms with E-state index in [1.54, 1.807) is 4.68 Å². The summed E-state index contributed by atoms with van der Waals surface area (Å²) in [5, 5.41) is 4.22. The molecule has 2 rings (SSSR count). The zero-order valence-corrected chi connectivity index (χ0v) is 13.0. The van der Waals surface area contributed by atoms with Gasteiger partial charge in [-0.1, -0.05) is 6.92 Å². The monoisotopic (exact) mass is 300 g/mol. The predicted molar refractivity (Wildman–Crippen MR) is 79.1 cm³/mol. The molecule has 114 valence electrons. The van der Waals surface area contributed by atoms with Crippen LogP contribution in [0.2, 0.25) is 0 Å². The summed E-state index contributed by atoms with van der Waals surface area (Å²) in [5.41, 5.74) is 7.35. The van der Waals surface area contributed by atoms with Gasteiger partial charge in [-0.05, 0) is 19.4 Å². The molecule has 1 aromatic rings. The minimum absolute atomic E-state index is 0.0139. The number of aryl methyl sites for hydroxylation is 1. The first-order valence-corrected chi connectivity index (χ1v) is 8.93. The highest BCUT2D eigenvalue weighted by atomic mass is 32.2. The van der Waals surface area contributed by atoms with E-state index in [0.717, 1.165) is 18.5 Å².